The molecule has 1 aliphatic heterocycles. The molecule has 0 atom stereocenters. The molecule has 1 saturated heterocycles. The Bertz CT molecular complexity index is 1050. The zero-order chi connectivity index (χ0) is 22.8. The van der Waals surface area contributed by atoms with Crippen LogP contribution in [0.5, 0.6) is 0 Å². The standard InChI is InChI=1S/C20H17F4N3O4/c21-15-10-11(1-3-13(15)19(29)30)17(25)26-18(28)12-2-4-16(14(9-12)20(22,23)24)27-5-7-31-8-6-27/h1-4,9-10H,5-8H2,(H,29,30)(H2,25,26,28)/p+1. The third-order valence-electron chi connectivity index (χ3n) is 4.62. The third kappa shape index (κ3) is 5.00. The van der Waals surface area contributed by atoms with Gasteiger partial charge in [0.2, 0.25) is 0 Å². The first-order valence-corrected chi connectivity index (χ1v) is 9.04. The summed E-state index contributed by atoms with van der Waals surface area (Å²) in [5.74, 6) is -3.79. The van der Waals surface area contributed by atoms with Crippen LogP contribution < -0.4 is 4.90 Å². The Kier molecular flexibility index (Phi) is 6.25. The minimum Gasteiger partial charge on any atom is -0.578 e. The molecule has 0 aliphatic carbocycles. The molecule has 4 N–H and O–H groups in total. The van der Waals surface area contributed by atoms with E-state index in [0.717, 1.165) is 24.3 Å². The number of nitrogens with one attached hydrogen (secondary N) is 1. The largest absolute Gasteiger partial charge is 0.578 e. The van der Waals surface area contributed by atoms with Crippen LogP contribution in [0.2, 0.25) is 0 Å². The Hall–Kier alpha value is -3.47. The van der Waals surface area contributed by atoms with Crippen molar-refractivity contribution >= 4 is 23.4 Å². The quantitative estimate of drug-likeness (QED) is 0.330. The van der Waals surface area contributed by atoms with E-state index in [1.807, 2.05) is 0 Å². The SMILES string of the molecule is N=C(N=C([OH2+])c1ccc(N2CCOCC2)c(C(F)(F)F)c1)c1ccc(C(=O)O)c(F)c1. The number of rotatable bonds is 4. The maximum atomic E-state index is 13.8. The molecule has 0 saturated carbocycles. The van der Waals surface area contributed by atoms with Gasteiger partial charge in [0.1, 0.15) is 5.82 Å². The van der Waals surface area contributed by atoms with Gasteiger partial charge in [-0.2, -0.15) is 13.2 Å². The Morgan fingerprint density at radius 3 is 2.35 bits per heavy atom. The molecule has 0 spiro atoms. The molecule has 1 heterocycles. The van der Waals surface area contributed by atoms with Crippen molar-refractivity contribution < 1.29 is 37.3 Å². The molecular formula is C20H18F4N3O4+. The van der Waals surface area contributed by atoms with Crippen LogP contribution >= 0.6 is 0 Å². The lowest BCUT2D eigenvalue weighted by atomic mass is 10.1. The third-order valence-corrected chi connectivity index (χ3v) is 4.62. The highest BCUT2D eigenvalue weighted by Gasteiger charge is 2.36. The second-order valence-corrected chi connectivity index (χ2v) is 6.64. The molecule has 7 nitrogen and oxygen atoms in total. The van der Waals surface area contributed by atoms with E-state index in [1.54, 1.807) is 4.90 Å². The lowest BCUT2D eigenvalue weighted by molar-refractivity contribution is -0.137. The topological polar surface area (TPSA) is 109 Å². The zero-order valence-electron chi connectivity index (χ0n) is 16.0. The van der Waals surface area contributed by atoms with E-state index in [1.165, 1.54) is 12.1 Å². The highest BCUT2D eigenvalue weighted by molar-refractivity contribution is 6.08. The number of hydrogen-bond acceptors (Lipinski definition) is 4. The van der Waals surface area contributed by atoms with E-state index in [2.05, 4.69) is 4.99 Å². The lowest BCUT2D eigenvalue weighted by Gasteiger charge is -2.31. The average Bonchev–Trinajstić information content (AvgIpc) is 2.72. The first-order chi connectivity index (χ1) is 14.6. The number of carbonyl (C=O) groups is 1. The van der Waals surface area contributed by atoms with E-state index in [9.17, 15) is 22.4 Å². The summed E-state index contributed by atoms with van der Waals surface area (Å²) in [7, 11) is 0. The smallest absolute Gasteiger partial charge is 0.418 e. The normalized spacial score (nSPS) is 15.1. The van der Waals surface area contributed by atoms with Crippen molar-refractivity contribution in [2.24, 2.45) is 4.99 Å². The molecule has 0 bridgehead atoms. The van der Waals surface area contributed by atoms with Crippen LogP contribution in [0.3, 0.4) is 0 Å². The lowest BCUT2D eigenvalue weighted by Crippen LogP contribution is -2.37. The zero-order valence-corrected chi connectivity index (χ0v) is 16.0. The van der Waals surface area contributed by atoms with Gasteiger partial charge >= 0.3 is 18.0 Å². The second kappa shape index (κ2) is 8.72. The first kappa shape index (κ1) is 22.2. The van der Waals surface area contributed by atoms with Gasteiger partial charge < -0.3 is 19.8 Å². The van der Waals surface area contributed by atoms with E-state index in [0.29, 0.717) is 26.3 Å². The fraction of sp³-hybridized carbons (Fsp3) is 0.250. The van der Waals surface area contributed by atoms with Crippen LogP contribution in [0.4, 0.5) is 23.2 Å². The number of alkyl halides is 3. The minimum absolute atomic E-state index is 0.0336. The van der Waals surface area contributed by atoms with Gasteiger partial charge in [-0.05, 0) is 30.3 Å². The predicted molar refractivity (Wildman–Crippen MR) is 105 cm³/mol. The van der Waals surface area contributed by atoms with Crippen molar-refractivity contribution in [3.05, 3.63) is 64.5 Å². The van der Waals surface area contributed by atoms with Crippen LogP contribution in [0, 0.1) is 11.2 Å². The molecule has 0 amide bonds. The monoisotopic (exact) mass is 440 g/mol. The Labute approximate surface area is 173 Å². The van der Waals surface area contributed by atoms with E-state index in [4.69, 9.17) is 20.4 Å². The first-order valence-electron chi connectivity index (χ1n) is 9.04. The molecule has 0 unspecified atom stereocenters. The maximum Gasteiger partial charge on any atom is 0.418 e. The van der Waals surface area contributed by atoms with Gasteiger partial charge in [-0.25, -0.2) is 9.18 Å². The van der Waals surface area contributed by atoms with Crippen molar-refractivity contribution in [2.45, 2.75) is 6.18 Å². The number of halogens is 4. The van der Waals surface area contributed by atoms with E-state index in [-0.39, 0.29) is 16.8 Å². The number of morpholine rings is 1. The molecule has 0 radical (unpaired) electrons. The highest BCUT2D eigenvalue weighted by atomic mass is 19.4. The van der Waals surface area contributed by atoms with E-state index >= 15 is 0 Å². The molecule has 31 heavy (non-hydrogen) atoms. The predicted octanol–water partition coefficient (Wildman–Crippen LogP) is 2.88. The number of amidine groups is 1. The molecular weight excluding hydrogens is 422 g/mol. The summed E-state index contributed by atoms with van der Waals surface area (Å²) in [6.45, 7) is 1.21. The number of nitrogens with zero attached hydrogens (tertiary/aromatic N) is 2. The van der Waals surface area contributed by atoms with Gasteiger partial charge in [0.05, 0.1) is 29.9 Å². The van der Waals surface area contributed by atoms with Crippen LogP contribution in [-0.2, 0) is 10.9 Å². The summed E-state index contributed by atoms with van der Waals surface area (Å²) in [5, 5.41) is 24.7. The van der Waals surface area contributed by atoms with Gasteiger partial charge in [0.25, 0.3) is 0 Å². The number of hydrogen-bond donors (Lipinski definition) is 2. The Morgan fingerprint density at radius 1 is 1.13 bits per heavy atom. The van der Waals surface area contributed by atoms with Crippen LogP contribution in [0.15, 0.2) is 41.4 Å². The summed E-state index contributed by atoms with van der Waals surface area (Å²) >= 11 is 0. The fourth-order valence-corrected chi connectivity index (χ4v) is 3.07. The number of carboxylic acid groups (broad SMARTS) is 1. The summed E-state index contributed by atoms with van der Waals surface area (Å²) < 4.78 is 59.9. The Balaban J connectivity index is 1.92. The Morgan fingerprint density at radius 2 is 1.77 bits per heavy atom. The van der Waals surface area contributed by atoms with Gasteiger partial charge in [-0.3, -0.25) is 5.41 Å². The summed E-state index contributed by atoms with van der Waals surface area (Å²) in [6, 6.07) is 6.18. The van der Waals surface area contributed by atoms with Crippen molar-refractivity contribution in [1.29, 1.82) is 5.41 Å². The number of benzene rings is 2. The van der Waals surface area contributed by atoms with Crippen LogP contribution in [0.1, 0.15) is 27.0 Å². The van der Waals surface area contributed by atoms with Crippen LogP contribution in [0.25, 0.3) is 0 Å². The number of anilines is 1. The number of aliphatic imine (C=N–C) groups is 1. The number of ether oxygens (including phenoxy) is 1. The molecule has 164 valence electrons. The summed E-state index contributed by atoms with van der Waals surface area (Å²) in [5.41, 5.74) is -1.85. The molecule has 2 aromatic rings. The number of aromatic carboxylic acids is 1. The minimum atomic E-state index is -4.67. The van der Waals surface area contributed by atoms with Crippen molar-refractivity contribution in [3.63, 3.8) is 0 Å². The molecule has 0 aromatic heterocycles. The van der Waals surface area contributed by atoms with Crippen molar-refractivity contribution in [2.75, 3.05) is 31.2 Å². The molecule has 2 aromatic carbocycles. The average molecular weight is 440 g/mol. The fourth-order valence-electron chi connectivity index (χ4n) is 3.07. The molecule has 11 heteroatoms. The molecule has 1 fully saturated rings. The van der Waals surface area contributed by atoms with E-state index < -0.39 is 40.8 Å². The van der Waals surface area contributed by atoms with Crippen molar-refractivity contribution in [1.82, 2.24) is 0 Å². The second-order valence-electron chi connectivity index (χ2n) is 6.64. The van der Waals surface area contributed by atoms with Gasteiger partial charge in [0, 0.05) is 24.3 Å². The summed E-state index contributed by atoms with van der Waals surface area (Å²) in [4.78, 5) is 16.1. The van der Waals surface area contributed by atoms with Gasteiger partial charge in [-0.1, -0.05) is 6.07 Å². The van der Waals surface area contributed by atoms with Crippen LogP contribution in [-0.4, -0.2) is 54.2 Å². The summed E-state index contributed by atoms with van der Waals surface area (Å²) in [6.07, 6.45) is -4.67. The van der Waals surface area contributed by atoms with Gasteiger partial charge in [0.15, 0.2) is 5.84 Å². The number of carboxylic acids is 1. The highest BCUT2D eigenvalue weighted by Crippen LogP contribution is 2.37. The molecule has 1 aliphatic rings. The van der Waals surface area contributed by atoms with Crippen molar-refractivity contribution in [3.8, 4) is 0 Å². The molecule has 3 rings (SSSR count). The maximum absolute atomic E-state index is 13.8. The van der Waals surface area contributed by atoms with Gasteiger partial charge in [-0.15, -0.1) is 4.99 Å².